The number of carboxylic acid groups (broad SMARTS) is 1. The summed E-state index contributed by atoms with van der Waals surface area (Å²) in [6.45, 7) is 6.35. The van der Waals surface area contributed by atoms with Gasteiger partial charge in [-0.05, 0) is 17.4 Å². The Morgan fingerprint density at radius 2 is 1.80 bits per heavy atom. The summed E-state index contributed by atoms with van der Waals surface area (Å²) >= 11 is 0. The largest absolute Gasteiger partial charge is 0.481 e. The molecule has 20 heavy (non-hydrogen) atoms. The van der Waals surface area contributed by atoms with E-state index >= 15 is 0 Å². The van der Waals surface area contributed by atoms with Crippen molar-refractivity contribution >= 4 is 11.9 Å². The summed E-state index contributed by atoms with van der Waals surface area (Å²) in [5, 5.41) is 12.0. The van der Waals surface area contributed by atoms with E-state index in [1.54, 1.807) is 24.3 Å². The Morgan fingerprint density at radius 1 is 1.20 bits per heavy atom. The number of carbonyl (C=O) groups is 2. The zero-order valence-electron chi connectivity index (χ0n) is 12.3. The number of carbonyl (C=O) groups excluding carboxylic acids is 1. The summed E-state index contributed by atoms with van der Waals surface area (Å²) in [5.74, 6) is -1.72. The average molecular weight is 277 g/mol. The van der Waals surface area contributed by atoms with Crippen LogP contribution in [-0.4, -0.2) is 23.5 Å². The molecule has 0 aromatic heterocycles. The zero-order chi connectivity index (χ0) is 15.2. The molecule has 0 aliphatic heterocycles. The molecule has 1 unspecified atom stereocenters. The number of hydrogen-bond donors (Lipinski definition) is 2. The minimum atomic E-state index is -0.924. The van der Waals surface area contributed by atoms with Crippen LogP contribution in [-0.2, 0) is 9.59 Å². The first-order valence-corrected chi connectivity index (χ1v) is 6.84. The topological polar surface area (TPSA) is 66.4 Å². The lowest BCUT2D eigenvalue weighted by Crippen LogP contribution is -2.32. The molecule has 4 nitrogen and oxygen atoms in total. The Labute approximate surface area is 120 Å². The highest BCUT2D eigenvalue weighted by Crippen LogP contribution is 2.20. The molecule has 1 aromatic rings. The lowest BCUT2D eigenvalue weighted by Gasteiger charge is -2.18. The van der Waals surface area contributed by atoms with Gasteiger partial charge in [-0.25, -0.2) is 0 Å². The molecule has 0 fully saturated rings. The van der Waals surface area contributed by atoms with E-state index in [4.69, 9.17) is 0 Å². The van der Waals surface area contributed by atoms with Crippen LogP contribution in [0.2, 0.25) is 0 Å². The number of benzene rings is 1. The molecule has 0 saturated heterocycles. The molecule has 0 saturated carbocycles. The van der Waals surface area contributed by atoms with Crippen molar-refractivity contribution in [3.8, 4) is 0 Å². The molecule has 4 heteroatoms. The van der Waals surface area contributed by atoms with E-state index in [1.807, 2.05) is 6.07 Å². The van der Waals surface area contributed by atoms with Gasteiger partial charge in [0.05, 0.1) is 5.92 Å². The molecule has 0 spiro atoms. The van der Waals surface area contributed by atoms with Crippen molar-refractivity contribution in [3.05, 3.63) is 35.9 Å². The van der Waals surface area contributed by atoms with Crippen LogP contribution in [0.4, 0.5) is 0 Å². The third-order valence-electron chi connectivity index (χ3n) is 3.11. The second-order valence-electron chi connectivity index (χ2n) is 6.17. The highest BCUT2D eigenvalue weighted by molar-refractivity contribution is 5.79. The van der Waals surface area contributed by atoms with Crippen LogP contribution >= 0.6 is 0 Å². The Morgan fingerprint density at radius 3 is 2.30 bits per heavy atom. The van der Waals surface area contributed by atoms with Crippen LogP contribution in [0.3, 0.4) is 0 Å². The highest BCUT2D eigenvalue weighted by atomic mass is 16.4. The molecule has 1 amide bonds. The first-order valence-electron chi connectivity index (χ1n) is 6.84. The molecule has 1 rings (SSSR count). The zero-order valence-corrected chi connectivity index (χ0v) is 12.3. The van der Waals surface area contributed by atoms with Crippen LogP contribution in [0.15, 0.2) is 30.3 Å². The SMILES string of the molecule is CC(C)(C)CCC(=O)NCC(C(=O)O)c1ccccc1. The van der Waals surface area contributed by atoms with E-state index in [-0.39, 0.29) is 17.9 Å². The van der Waals surface area contributed by atoms with Gasteiger partial charge in [0.15, 0.2) is 0 Å². The number of hydrogen-bond acceptors (Lipinski definition) is 2. The van der Waals surface area contributed by atoms with Crippen LogP contribution in [0.25, 0.3) is 0 Å². The molecule has 0 radical (unpaired) electrons. The van der Waals surface area contributed by atoms with E-state index in [0.717, 1.165) is 6.42 Å². The first kappa shape index (κ1) is 16.2. The third kappa shape index (κ3) is 5.87. The van der Waals surface area contributed by atoms with Crippen LogP contribution < -0.4 is 5.32 Å². The molecule has 110 valence electrons. The lowest BCUT2D eigenvalue weighted by atomic mass is 9.90. The summed E-state index contributed by atoms with van der Waals surface area (Å²) in [7, 11) is 0. The fraction of sp³-hybridized carbons (Fsp3) is 0.500. The van der Waals surface area contributed by atoms with E-state index < -0.39 is 11.9 Å². The number of carboxylic acids is 1. The fourth-order valence-corrected chi connectivity index (χ4v) is 1.83. The smallest absolute Gasteiger partial charge is 0.312 e. The van der Waals surface area contributed by atoms with Gasteiger partial charge in [-0.1, -0.05) is 51.1 Å². The first-order chi connectivity index (χ1) is 9.29. The average Bonchev–Trinajstić information content (AvgIpc) is 2.36. The second-order valence-corrected chi connectivity index (χ2v) is 6.17. The van der Waals surface area contributed by atoms with Gasteiger partial charge in [-0.3, -0.25) is 9.59 Å². The van der Waals surface area contributed by atoms with Gasteiger partial charge in [-0.15, -0.1) is 0 Å². The van der Waals surface area contributed by atoms with Crippen molar-refractivity contribution < 1.29 is 14.7 Å². The van der Waals surface area contributed by atoms with E-state index in [9.17, 15) is 14.7 Å². The molecule has 0 heterocycles. The Kier molecular flexibility index (Phi) is 5.74. The maximum Gasteiger partial charge on any atom is 0.312 e. The van der Waals surface area contributed by atoms with Gasteiger partial charge in [-0.2, -0.15) is 0 Å². The number of rotatable bonds is 6. The minimum Gasteiger partial charge on any atom is -0.481 e. The minimum absolute atomic E-state index is 0.0953. The Bertz CT molecular complexity index is 449. The van der Waals surface area contributed by atoms with Gasteiger partial charge in [0.25, 0.3) is 0 Å². The molecule has 0 bridgehead atoms. The van der Waals surface area contributed by atoms with Crippen molar-refractivity contribution in [2.24, 2.45) is 5.41 Å². The molecular weight excluding hydrogens is 254 g/mol. The van der Waals surface area contributed by atoms with Crippen molar-refractivity contribution in [2.45, 2.75) is 39.5 Å². The molecule has 1 atom stereocenters. The van der Waals surface area contributed by atoms with Crippen LogP contribution in [0.5, 0.6) is 0 Å². The number of amides is 1. The summed E-state index contributed by atoms with van der Waals surface area (Å²) in [6, 6.07) is 8.96. The van der Waals surface area contributed by atoms with Gasteiger partial charge < -0.3 is 10.4 Å². The summed E-state index contributed by atoms with van der Waals surface area (Å²) in [4.78, 5) is 23.0. The van der Waals surface area contributed by atoms with Gasteiger partial charge in [0, 0.05) is 13.0 Å². The van der Waals surface area contributed by atoms with E-state index in [2.05, 4.69) is 26.1 Å². The normalized spacial score (nSPS) is 12.8. The predicted molar refractivity (Wildman–Crippen MR) is 78.5 cm³/mol. The lowest BCUT2D eigenvalue weighted by molar-refractivity contribution is -0.138. The van der Waals surface area contributed by atoms with Crippen LogP contribution in [0, 0.1) is 5.41 Å². The molecular formula is C16H23NO3. The van der Waals surface area contributed by atoms with Crippen molar-refractivity contribution in [1.29, 1.82) is 0 Å². The highest BCUT2D eigenvalue weighted by Gasteiger charge is 2.20. The van der Waals surface area contributed by atoms with Gasteiger partial charge in [0.1, 0.15) is 0 Å². The Hall–Kier alpha value is -1.84. The van der Waals surface area contributed by atoms with E-state index in [1.165, 1.54) is 0 Å². The summed E-state index contributed by atoms with van der Waals surface area (Å²) in [6.07, 6.45) is 1.20. The fourth-order valence-electron chi connectivity index (χ4n) is 1.83. The standard InChI is InChI=1S/C16H23NO3/c1-16(2,3)10-9-14(18)17-11-13(15(19)20)12-7-5-4-6-8-12/h4-8,13H,9-11H2,1-3H3,(H,17,18)(H,19,20). The quantitative estimate of drug-likeness (QED) is 0.840. The molecule has 1 aromatic carbocycles. The van der Waals surface area contributed by atoms with Gasteiger partial charge in [0.2, 0.25) is 5.91 Å². The van der Waals surface area contributed by atoms with Crippen molar-refractivity contribution in [2.75, 3.05) is 6.54 Å². The third-order valence-corrected chi connectivity index (χ3v) is 3.11. The molecule has 0 aliphatic rings. The summed E-state index contributed by atoms with van der Waals surface area (Å²) in [5.41, 5.74) is 0.805. The predicted octanol–water partition coefficient (Wildman–Crippen LogP) is 2.80. The molecule has 0 aliphatic carbocycles. The van der Waals surface area contributed by atoms with Gasteiger partial charge >= 0.3 is 5.97 Å². The number of aliphatic carboxylic acids is 1. The maximum absolute atomic E-state index is 11.7. The number of nitrogens with one attached hydrogen (secondary N) is 1. The van der Waals surface area contributed by atoms with Crippen molar-refractivity contribution in [3.63, 3.8) is 0 Å². The second kappa shape index (κ2) is 7.08. The van der Waals surface area contributed by atoms with Crippen molar-refractivity contribution in [1.82, 2.24) is 5.32 Å². The summed E-state index contributed by atoms with van der Waals surface area (Å²) < 4.78 is 0. The maximum atomic E-state index is 11.7. The monoisotopic (exact) mass is 277 g/mol. The van der Waals surface area contributed by atoms with Crippen LogP contribution in [0.1, 0.15) is 45.1 Å². The Balaban J connectivity index is 2.52. The molecule has 2 N–H and O–H groups in total. The van der Waals surface area contributed by atoms with E-state index in [0.29, 0.717) is 12.0 Å².